The van der Waals surface area contributed by atoms with Crippen LogP contribution in [0.15, 0.2) is 29.2 Å². The molecule has 2 aromatic rings. The Morgan fingerprint density at radius 2 is 1.92 bits per heavy atom. The van der Waals surface area contributed by atoms with Gasteiger partial charge in [-0.15, -0.1) is 0 Å². The molecule has 0 aliphatic heterocycles. The molecular formula is C15H17F3N4OS. The lowest BCUT2D eigenvalue weighted by Crippen LogP contribution is -2.16. The van der Waals surface area contributed by atoms with E-state index in [0.717, 1.165) is 5.56 Å². The second-order valence-corrected chi connectivity index (χ2v) is 6.30. The highest BCUT2D eigenvalue weighted by molar-refractivity contribution is 8.00. The molecule has 130 valence electrons. The van der Waals surface area contributed by atoms with E-state index in [1.807, 2.05) is 6.92 Å². The van der Waals surface area contributed by atoms with Crippen molar-refractivity contribution in [2.24, 2.45) is 5.73 Å². The highest BCUT2D eigenvalue weighted by atomic mass is 32.2. The van der Waals surface area contributed by atoms with Gasteiger partial charge in [-0.25, -0.2) is 4.68 Å². The van der Waals surface area contributed by atoms with Crippen LogP contribution < -0.4 is 11.5 Å². The molecule has 0 aliphatic rings. The molecule has 1 atom stereocenters. The van der Waals surface area contributed by atoms with Crippen molar-refractivity contribution in [1.29, 1.82) is 0 Å². The van der Waals surface area contributed by atoms with E-state index >= 15 is 0 Å². The minimum absolute atomic E-state index is 0.0963. The average molecular weight is 358 g/mol. The van der Waals surface area contributed by atoms with Gasteiger partial charge in [0.05, 0.1) is 11.7 Å². The van der Waals surface area contributed by atoms with Gasteiger partial charge in [-0.3, -0.25) is 4.79 Å². The lowest BCUT2D eigenvalue weighted by molar-refractivity contribution is -0.0328. The zero-order valence-corrected chi connectivity index (χ0v) is 13.9. The molecule has 9 heteroatoms. The number of aryl methyl sites for hydroxylation is 1. The molecule has 1 unspecified atom stereocenters. The predicted molar refractivity (Wildman–Crippen MR) is 86.7 cm³/mol. The second kappa shape index (κ2) is 6.76. The van der Waals surface area contributed by atoms with E-state index in [-0.39, 0.29) is 34.1 Å². The van der Waals surface area contributed by atoms with Crippen LogP contribution in [0.2, 0.25) is 0 Å². The fourth-order valence-electron chi connectivity index (χ4n) is 2.40. The lowest BCUT2D eigenvalue weighted by atomic mass is 10.1. The van der Waals surface area contributed by atoms with Crippen molar-refractivity contribution in [3.05, 3.63) is 41.1 Å². The smallest absolute Gasteiger partial charge is 0.383 e. The third-order valence-corrected chi connectivity index (χ3v) is 4.30. The van der Waals surface area contributed by atoms with E-state index in [1.165, 1.54) is 16.8 Å². The second-order valence-electron chi connectivity index (χ2n) is 5.16. The number of halogens is 3. The molecule has 0 saturated carbocycles. The molecular weight excluding hydrogens is 341 g/mol. The summed E-state index contributed by atoms with van der Waals surface area (Å²) in [5.41, 5.74) is 8.39. The molecule has 0 bridgehead atoms. The van der Waals surface area contributed by atoms with E-state index in [1.54, 1.807) is 19.1 Å². The van der Waals surface area contributed by atoms with Crippen molar-refractivity contribution in [2.75, 3.05) is 5.73 Å². The number of primary amides is 1. The maximum absolute atomic E-state index is 12.4. The molecule has 0 aliphatic carbocycles. The lowest BCUT2D eigenvalue weighted by Gasteiger charge is -2.15. The van der Waals surface area contributed by atoms with E-state index in [4.69, 9.17) is 11.5 Å². The normalized spacial score (nSPS) is 13.0. The summed E-state index contributed by atoms with van der Waals surface area (Å²) in [5.74, 6) is -0.500. The molecule has 24 heavy (non-hydrogen) atoms. The van der Waals surface area contributed by atoms with Crippen molar-refractivity contribution < 1.29 is 18.0 Å². The van der Waals surface area contributed by atoms with Crippen molar-refractivity contribution in [2.45, 2.75) is 36.7 Å². The number of nitrogen functional groups attached to an aromatic ring is 1. The van der Waals surface area contributed by atoms with Gasteiger partial charge in [0.1, 0.15) is 11.4 Å². The number of anilines is 1. The number of benzene rings is 1. The first-order valence-electron chi connectivity index (χ1n) is 7.16. The Kier molecular flexibility index (Phi) is 5.12. The summed E-state index contributed by atoms with van der Waals surface area (Å²) in [7, 11) is 0. The number of nitrogens with two attached hydrogens (primary N) is 2. The molecule has 0 fully saturated rings. The van der Waals surface area contributed by atoms with Crippen LogP contribution >= 0.6 is 11.8 Å². The summed E-state index contributed by atoms with van der Waals surface area (Å²) < 4.78 is 38.6. The monoisotopic (exact) mass is 358 g/mol. The summed E-state index contributed by atoms with van der Waals surface area (Å²) >= 11 is -0.174. The van der Waals surface area contributed by atoms with Crippen LogP contribution in [-0.2, 0) is 6.42 Å². The summed E-state index contributed by atoms with van der Waals surface area (Å²) in [5, 5.41) is 4.31. The fourth-order valence-corrected chi connectivity index (χ4v) is 2.94. The standard InChI is InChI=1S/C15H17F3N4OS/c1-3-11-12(14(20)23)13(19)22(21-11)8(2)9-4-6-10(7-5-9)24-15(16,17)18/h4-8H,3,19H2,1-2H3,(H2,20,23). The maximum Gasteiger partial charge on any atom is 0.446 e. The number of rotatable bonds is 5. The minimum atomic E-state index is -4.33. The fraction of sp³-hybridized carbons (Fsp3) is 0.333. The molecule has 0 spiro atoms. The number of hydrogen-bond acceptors (Lipinski definition) is 4. The van der Waals surface area contributed by atoms with Crippen LogP contribution in [0.3, 0.4) is 0 Å². The van der Waals surface area contributed by atoms with Crippen LogP contribution in [0.4, 0.5) is 19.0 Å². The third-order valence-electron chi connectivity index (χ3n) is 3.56. The SMILES string of the molecule is CCc1nn(C(C)c2ccc(SC(F)(F)F)cc2)c(N)c1C(N)=O. The van der Waals surface area contributed by atoms with Crippen molar-refractivity contribution in [3.8, 4) is 0 Å². The Hall–Kier alpha value is -2.16. The van der Waals surface area contributed by atoms with E-state index in [2.05, 4.69) is 5.10 Å². The summed E-state index contributed by atoms with van der Waals surface area (Å²) in [6, 6.07) is 5.58. The number of amides is 1. The van der Waals surface area contributed by atoms with Gasteiger partial charge < -0.3 is 11.5 Å². The third kappa shape index (κ3) is 3.84. The topological polar surface area (TPSA) is 86.9 Å². The van der Waals surface area contributed by atoms with E-state index < -0.39 is 11.4 Å². The van der Waals surface area contributed by atoms with Gasteiger partial charge in [-0.1, -0.05) is 19.1 Å². The Morgan fingerprint density at radius 3 is 2.33 bits per heavy atom. The Balaban J connectivity index is 2.32. The molecule has 0 radical (unpaired) electrons. The number of thioether (sulfide) groups is 1. The zero-order chi connectivity index (χ0) is 18.1. The summed E-state index contributed by atoms with van der Waals surface area (Å²) in [4.78, 5) is 11.6. The molecule has 0 saturated heterocycles. The highest BCUT2D eigenvalue weighted by Gasteiger charge is 2.29. The molecule has 2 rings (SSSR count). The summed E-state index contributed by atoms with van der Waals surface area (Å²) in [6.07, 6.45) is 0.489. The van der Waals surface area contributed by atoms with Crippen LogP contribution in [0.25, 0.3) is 0 Å². The van der Waals surface area contributed by atoms with Crippen LogP contribution in [0, 0.1) is 0 Å². The van der Waals surface area contributed by atoms with Gasteiger partial charge in [0, 0.05) is 4.90 Å². The highest BCUT2D eigenvalue weighted by Crippen LogP contribution is 2.37. The van der Waals surface area contributed by atoms with Gasteiger partial charge in [-0.05, 0) is 42.8 Å². The first-order chi connectivity index (χ1) is 11.1. The van der Waals surface area contributed by atoms with Crippen molar-refractivity contribution in [1.82, 2.24) is 9.78 Å². The molecule has 1 heterocycles. The van der Waals surface area contributed by atoms with E-state index in [0.29, 0.717) is 12.1 Å². The van der Waals surface area contributed by atoms with Crippen molar-refractivity contribution in [3.63, 3.8) is 0 Å². The largest absolute Gasteiger partial charge is 0.446 e. The number of aromatic nitrogens is 2. The molecule has 4 N–H and O–H groups in total. The average Bonchev–Trinajstić information content (AvgIpc) is 2.82. The molecule has 5 nitrogen and oxygen atoms in total. The first kappa shape index (κ1) is 18.2. The maximum atomic E-state index is 12.4. The van der Waals surface area contributed by atoms with Gasteiger partial charge >= 0.3 is 5.51 Å². The Bertz CT molecular complexity index is 740. The first-order valence-corrected chi connectivity index (χ1v) is 7.98. The number of hydrogen-bond donors (Lipinski definition) is 2. The van der Waals surface area contributed by atoms with Gasteiger partial charge in [0.15, 0.2) is 0 Å². The molecule has 1 amide bonds. The van der Waals surface area contributed by atoms with Gasteiger partial charge in [0.2, 0.25) is 0 Å². The Morgan fingerprint density at radius 1 is 1.33 bits per heavy atom. The van der Waals surface area contributed by atoms with E-state index in [9.17, 15) is 18.0 Å². The predicted octanol–water partition coefficient (Wildman–Crippen LogP) is 3.35. The number of alkyl halides is 3. The van der Waals surface area contributed by atoms with Gasteiger partial charge in [-0.2, -0.15) is 18.3 Å². The summed E-state index contributed by atoms with van der Waals surface area (Å²) in [6.45, 7) is 3.62. The zero-order valence-electron chi connectivity index (χ0n) is 13.1. The van der Waals surface area contributed by atoms with Crippen LogP contribution in [-0.4, -0.2) is 21.2 Å². The quantitative estimate of drug-likeness (QED) is 0.803. The van der Waals surface area contributed by atoms with Gasteiger partial charge in [0.25, 0.3) is 5.91 Å². The number of carbonyl (C=O) groups excluding carboxylic acids is 1. The Labute approximate surface area is 141 Å². The minimum Gasteiger partial charge on any atom is -0.383 e. The van der Waals surface area contributed by atoms with Crippen molar-refractivity contribution >= 4 is 23.5 Å². The number of nitrogens with zero attached hydrogens (tertiary/aromatic N) is 2. The van der Waals surface area contributed by atoms with Crippen LogP contribution in [0.1, 0.15) is 41.5 Å². The number of carbonyl (C=O) groups is 1. The molecule has 1 aromatic carbocycles. The van der Waals surface area contributed by atoms with Crippen LogP contribution in [0.5, 0.6) is 0 Å². The molecule has 1 aromatic heterocycles.